The average molecular weight is 276 g/mol. The van der Waals surface area contributed by atoms with E-state index in [0.29, 0.717) is 11.4 Å². The molecular weight excluding hydrogens is 256 g/mol. The molecular formula is C11H20N2O2S2. The van der Waals surface area contributed by atoms with Crippen molar-refractivity contribution >= 4 is 21.4 Å². The second-order valence-electron chi connectivity index (χ2n) is 3.81. The van der Waals surface area contributed by atoms with Gasteiger partial charge < -0.3 is 5.32 Å². The van der Waals surface area contributed by atoms with E-state index in [2.05, 4.69) is 10.0 Å². The second-order valence-corrected chi connectivity index (χ2v) is 6.89. The summed E-state index contributed by atoms with van der Waals surface area (Å²) in [7, 11) is -3.32. The van der Waals surface area contributed by atoms with Crippen LogP contribution < -0.4 is 10.0 Å². The molecule has 0 aliphatic carbocycles. The summed E-state index contributed by atoms with van der Waals surface area (Å²) in [4.78, 5) is 2.33. The van der Waals surface area contributed by atoms with Gasteiger partial charge in [0.15, 0.2) is 0 Å². The van der Waals surface area contributed by atoms with Crippen LogP contribution in [-0.2, 0) is 16.6 Å². The minimum Gasteiger partial charge on any atom is -0.312 e. The van der Waals surface area contributed by atoms with E-state index in [-0.39, 0.29) is 0 Å². The van der Waals surface area contributed by atoms with Crippen molar-refractivity contribution in [2.24, 2.45) is 0 Å². The van der Waals surface area contributed by atoms with Gasteiger partial charge in [-0.05, 0) is 26.0 Å². The number of sulfonamides is 1. The quantitative estimate of drug-likeness (QED) is 0.799. The second kappa shape index (κ2) is 6.49. The van der Waals surface area contributed by atoms with E-state index in [9.17, 15) is 8.42 Å². The number of thiophene rings is 1. The van der Waals surface area contributed by atoms with Gasteiger partial charge in [0.1, 0.15) is 0 Å². The van der Waals surface area contributed by atoms with Gasteiger partial charge in [-0.25, -0.2) is 13.1 Å². The molecule has 0 unspecified atom stereocenters. The molecule has 4 nitrogen and oxygen atoms in total. The van der Waals surface area contributed by atoms with Crippen molar-refractivity contribution in [2.75, 3.05) is 13.1 Å². The minimum atomic E-state index is -3.32. The van der Waals surface area contributed by atoms with Gasteiger partial charge in [-0.3, -0.25) is 0 Å². The van der Waals surface area contributed by atoms with E-state index >= 15 is 0 Å². The van der Waals surface area contributed by atoms with Crippen molar-refractivity contribution in [1.82, 2.24) is 10.0 Å². The third-order valence-corrected chi connectivity index (χ3v) is 5.07. The van der Waals surface area contributed by atoms with E-state index < -0.39 is 10.0 Å². The topological polar surface area (TPSA) is 58.2 Å². The van der Waals surface area contributed by atoms with Gasteiger partial charge in [0, 0.05) is 22.8 Å². The first-order valence-corrected chi connectivity index (χ1v) is 8.11. The summed E-state index contributed by atoms with van der Waals surface area (Å²) in [6.07, 6.45) is 0.798. The third kappa shape index (κ3) is 4.06. The molecule has 1 rings (SSSR count). The molecule has 0 spiro atoms. The van der Waals surface area contributed by atoms with Crippen LogP contribution in [0, 0.1) is 6.92 Å². The Balaban J connectivity index is 2.86. The molecule has 0 aliphatic heterocycles. The van der Waals surface area contributed by atoms with Crippen molar-refractivity contribution in [3.63, 3.8) is 0 Å². The van der Waals surface area contributed by atoms with Crippen molar-refractivity contribution in [3.8, 4) is 0 Å². The Morgan fingerprint density at radius 2 is 2.06 bits per heavy atom. The zero-order valence-corrected chi connectivity index (χ0v) is 12.2. The molecule has 0 radical (unpaired) electrons. The number of aryl methyl sites for hydroxylation is 1. The first-order chi connectivity index (χ1) is 8.01. The predicted octanol–water partition coefficient (Wildman–Crippen LogP) is 1.85. The molecule has 1 aromatic rings. The highest BCUT2D eigenvalue weighted by molar-refractivity contribution is 7.89. The van der Waals surface area contributed by atoms with E-state index in [1.807, 2.05) is 20.8 Å². The molecule has 0 aliphatic rings. The van der Waals surface area contributed by atoms with E-state index in [1.165, 1.54) is 11.3 Å². The van der Waals surface area contributed by atoms with Crippen LogP contribution in [-0.4, -0.2) is 21.5 Å². The maximum atomic E-state index is 12.0. The van der Waals surface area contributed by atoms with Gasteiger partial charge in [-0.2, -0.15) is 0 Å². The summed E-state index contributed by atoms with van der Waals surface area (Å²) in [5.74, 6) is 0. The molecule has 0 aromatic carbocycles. The first kappa shape index (κ1) is 14.6. The highest BCUT2D eigenvalue weighted by atomic mass is 32.2. The van der Waals surface area contributed by atoms with Crippen LogP contribution in [0.2, 0.25) is 0 Å². The fraction of sp³-hybridized carbons (Fsp3) is 0.636. The van der Waals surface area contributed by atoms with Crippen LogP contribution in [0.5, 0.6) is 0 Å². The van der Waals surface area contributed by atoms with E-state index in [1.54, 1.807) is 6.07 Å². The number of hydrogen-bond acceptors (Lipinski definition) is 4. The number of hydrogen-bond donors (Lipinski definition) is 2. The third-order valence-electron chi connectivity index (χ3n) is 2.30. The van der Waals surface area contributed by atoms with Gasteiger partial charge in [0.2, 0.25) is 10.0 Å². The molecule has 0 bridgehead atoms. The minimum absolute atomic E-state index is 0.420. The SMILES string of the molecule is CCCNS(=O)(=O)c1cc(CNCC)sc1C. The molecule has 98 valence electrons. The van der Waals surface area contributed by atoms with Crippen molar-refractivity contribution in [2.45, 2.75) is 38.6 Å². The fourth-order valence-electron chi connectivity index (χ4n) is 1.44. The van der Waals surface area contributed by atoms with Gasteiger partial charge >= 0.3 is 0 Å². The fourth-order valence-corrected chi connectivity index (χ4v) is 4.18. The summed E-state index contributed by atoms with van der Waals surface area (Å²) in [6, 6.07) is 1.76. The summed E-state index contributed by atoms with van der Waals surface area (Å²) in [5.41, 5.74) is 0. The Kier molecular flexibility index (Phi) is 5.58. The maximum Gasteiger partial charge on any atom is 0.241 e. The van der Waals surface area contributed by atoms with Gasteiger partial charge in [0.05, 0.1) is 4.90 Å². The Labute approximate surface area is 107 Å². The molecule has 0 fully saturated rings. The summed E-state index contributed by atoms with van der Waals surface area (Å²) in [5, 5.41) is 3.19. The molecule has 0 atom stereocenters. The Morgan fingerprint density at radius 3 is 2.65 bits per heavy atom. The highest BCUT2D eigenvalue weighted by Crippen LogP contribution is 2.25. The summed E-state index contributed by atoms with van der Waals surface area (Å²) < 4.78 is 26.5. The van der Waals surface area contributed by atoms with Crippen LogP contribution in [0.25, 0.3) is 0 Å². The summed E-state index contributed by atoms with van der Waals surface area (Å²) >= 11 is 1.53. The molecule has 6 heteroatoms. The van der Waals surface area contributed by atoms with E-state index in [0.717, 1.165) is 29.3 Å². The zero-order chi connectivity index (χ0) is 12.9. The summed E-state index contributed by atoms with van der Waals surface area (Å²) in [6.45, 7) is 7.92. The van der Waals surface area contributed by atoms with Crippen molar-refractivity contribution < 1.29 is 8.42 Å². The molecule has 2 N–H and O–H groups in total. The standard InChI is InChI=1S/C11H20N2O2S2/c1-4-6-13-17(14,15)11-7-10(8-12-5-2)16-9(11)3/h7,12-13H,4-6,8H2,1-3H3. The van der Waals surface area contributed by atoms with Crippen LogP contribution in [0.4, 0.5) is 0 Å². The van der Waals surface area contributed by atoms with Gasteiger partial charge in [-0.1, -0.05) is 13.8 Å². The molecule has 0 saturated carbocycles. The lowest BCUT2D eigenvalue weighted by atomic mass is 10.4. The van der Waals surface area contributed by atoms with Crippen molar-refractivity contribution in [1.29, 1.82) is 0 Å². The zero-order valence-electron chi connectivity index (χ0n) is 10.5. The number of rotatable bonds is 7. The van der Waals surface area contributed by atoms with Crippen LogP contribution in [0.3, 0.4) is 0 Å². The van der Waals surface area contributed by atoms with Crippen LogP contribution >= 0.6 is 11.3 Å². The average Bonchev–Trinajstić information content (AvgIpc) is 2.66. The molecule has 0 amide bonds. The van der Waals surface area contributed by atoms with E-state index in [4.69, 9.17) is 0 Å². The maximum absolute atomic E-state index is 12.0. The monoisotopic (exact) mass is 276 g/mol. The van der Waals surface area contributed by atoms with Gasteiger partial charge in [-0.15, -0.1) is 11.3 Å². The Hall–Kier alpha value is -0.430. The lowest BCUT2D eigenvalue weighted by Gasteiger charge is -2.03. The molecule has 0 saturated heterocycles. The number of nitrogens with one attached hydrogen (secondary N) is 2. The normalized spacial score (nSPS) is 11.9. The van der Waals surface area contributed by atoms with Crippen LogP contribution in [0.1, 0.15) is 30.0 Å². The largest absolute Gasteiger partial charge is 0.312 e. The smallest absolute Gasteiger partial charge is 0.241 e. The lowest BCUT2D eigenvalue weighted by Crippen LogP contribution is -2.24. The van der Waals surface area contributed by atoms with Gasteiger partial charge in [0.25, 0.3) is 0 Å². The Bertz CT molecular complexity index is 452. The molecule has 1 heterocycles. The van der Waals surface area contributed by atoms with Crippen molar-refractivity contribution in [3.05, 3.63) is 15.8 Å². The molecule has 1 aromatic heterocycles. The predicted molar refractivity (Wildman–Crippen MR) is 71.9 cm³/mol. The first-order valence-electron chi connectivity index (χ1n) is 5.81. The lowest BCUT2D eigenvalue weighted by molar-refractivity contribution is 0.580. The Morgan fingerprint density at radius 1 is 1.35 bits per heavy atom. The van der Waals surface area contributed by atoms with Crippen LogP contribution in [0.15, 0.2) is 11.0 Å². The highest BCUT2D eigenvalue weighted by Gasteiger charge is 2.18. The molecule has 17 heavy (non-hydrogen) atoms.